The van der Waals surface area contributed by atoms with Gasteiger partial charge in [0.1, 0.15) is 0 Å². The molecule has 3 nitrogen and oxygen atoms in total. The van der Waals surface area contributed by atoms with Crippen LogP contribution in [-0.2, 0) is 9.53 Å². The average molecular weight is 297 g/mol. The van der Waals surface area contributed by atoms with Gasteiger partial charge in [-0.1, -0.05) is 36.4 Å². The van der Waals surface area contributed by atoms with Crippen LogP contribution in [0.15, 0.2) is 42.2 Å². The van der Waals surface area contributed by atoms with Crippen molar-refractivity contribution in [2.24, 2.45) is 0 Å². The van der Waals surface area contributed by atoms with Crippen LogP contribution in [0.3, 0.4) is 0 Å². The van der Waals surface area contributed by atoms with E-state index in [1.165, 1.54) is 15.8 Å². The summed E-state index contributed by atoms with van der Waals surface area (Å²) in [5, 5.41) is 2.50. The summed E-state index contributed by atoms with van der Waals surface area (Å²) >= 11 is 5.07. The second-order valence-corrected chi connectivity index (χ2v) is 5.29. The van der Waals surface area contributed by atoms with E-state index in [-0.39, 0.29) is 16.8 Å². The Morgan fingerprint density at radius 3 is 2.57 bits per heavy atom. The number of likely N-dealkylation sites (N-methyl/N-ethyl adjacent to an activating group) is 1. The molecule has 1 fully saturated rings. The van der Waals surface area contributed by atoms with E-state index in [2.05, 4.69) is 13.0 Å². The van der Waals surface area contributed by atoms with Gasteiger partial charge in [0.15, 0.2) is 5.76 Å². The highest BCUT2D eigenvalue weighted by Crippen LogP contribution is 2.26. The maximum atomic E-state index is 12.2. The van der Waals surface area contributed by atoms with Gasteiger partial charge in [0.05, 0.1) is 0 Å². The summed E-state index contributed by atoms with van der Waals surface area (Å²) in [5.41, 5.74) is 2.16. The molecule has 1 heterocycles. The van der Waals surface area contributed by atoms with Crippen LogP contribution in [0.25, 0.3) is 16.8 Å². The Labute approximate surface area is 128 Å². The summed E-state index contributed by atoms with van der Waals surface area (Å²) < 4.78 is 5.43. The molecule has 0 N–H and O–H groups in total. The normalized spacial score (nSPS) is 16.9. The lowest BCUT2D eigenvalue weighted by molar-refractivity contribution is -0.122. The van der Waals surface area contributed by atoms with E-state index in [1.54, 1.807) is 6.08 Å². The minimum atomic E-state index is -0.174. The Bertz CT molecular complexity index is 779. The first-order valence-electron chi connectivity index (χ1n) is 6.85. The summed E-state index contributed by atoms with van der Waals surface area (Å²) in [6.45, 7) is 4.46. The zero-order valence-electron chi connectivity index (χ0n) is 11.9. The van der Waals surface area contributed by atoms with Crippen LogP contribution in [0.1, 0.15) is 18.1 Å². The molecule has 0 bridgehead atoms. The average Bonchev–Trinajstić information content (AvgIpc) is 2.76. The van der Waals surface area contributed by atoms with Gasteiger partial charge in [-0.05, 0) is 54.0 Å². The first kappa shape index (κ1) is 13.8. The Balaban J connectivity index is 2.11. The number of carbonyl (C=O) groups is 1. The second kappa shape index (κ2) is 5.30. The molecule has 1 aliphatic rings. The van der Waals surface area contributed by atoms with Gasteiger partial charge in [-0.25, -0.2) is 0 Å². The third-order valence-corrected chi connectivity index (χ3v) is 3.96. The predicted molar refractivity (Wildman–Crippen MR) is 87.7 cm³/mol. The van der Waals surface area contributed by atoms with Gasteiger partial charge in [-0.2, -0.15) is 0 Å². The number of ether oxygens (including phenoxy) is 1. The molecule has 0 spiro atoms. The highest BCUT2D eigenvalue weighted by molar-refractivity contribution is 7.80. The molecule has 0 unspecified atom stereocenters. The zero-order valence-corrected chi connectivity index (χ0v) is 12.7. The van der Waals surface area contributed by atoms with Crippen molar-refractivity contribution >= 4 is 40.1 Å². The maximum Gasteiger partial charge on any atom is 0.297 e. The highest BCUT2D eigenvalue weighted by Gasteiger charge is 2.32. The molecule has 2 aromatic rings. The molecule has 3 rings (SSSR count). The Hall–Kier alpha value is -2.20. The van der Waals surface area contributed by atoms with Gasteiger partial charge in [0.2, 0.25) is 0 Å². The first-order valence-corrected chi connectivity index (χ1v) is 7.26. The summed E-state index contributed by atoms with van der Waals surface area (Å²) in [6, 6.07) is 12.2. The number of aryl methyl sites for hydroxylation is 1. The van der Waals surface area contributed by atoms with Crippen LogP contribution in [-0.4, -0.2) is 22.5 Å². The highest BCUT2D eigenvalue weighted by atomic mass is 32.1. The monoisotopic (exact) mass is 297 g/mol. The van der Waals surface area contributed by atoms with Crippen LogP contribution < -0.4 is 0 Å². The van der Waals surface area contributed by atoms with E-state index in [9.17, 15) is 4.79 Å². The molecule has 21 heavy (non-hydrogen) atoms. The smallest absolute Gasteiger partial charge is 0.297 e. The van der Waals surface area contributed by atoms with Crippen molar-refractivity contribution < 1.29 is 9.53 Å². The number of hydrogen-bond donors (Lipinski definition) is 0. The fourth-order valence-corrected chi connectivity index (χ4v) is 2.81. The van der Waals surface area contributed by atoms with E-state index >= 15 is 0 Å². The lowest BCUT2D eigenvalue weighted by Crippen LogP contribution is -2.27. The molecule has 2 aromatic carbocycles. The van der Waals surface area contributed by atoms with Gasteiger partial charge >= 0.3 is 0 Å². The third kappa shape index (κ3) is 2.32. The third-order valence-electron chi connectivity index (χ3n) is 3.65. The lowest BCUT2D eigenvalue weighted by atomic mass is 10.00. The number of benzene rings is 2. The minimum Gasteiger partial charge on any atom is -0.426 e. The van der Waals surface area contributed by atoms with E-state index in [1.807, 2.05) is 37.3 Å². The summed E-state index contributed by atoms with van der Waals surface area (Å²) in [4.78, 5) is 13.7. The molecule has 1 aliphatic heterocycles. The summed E-state index contributed by atoms with van der Waals surface area (Å²) in [7, 11) is 0. The number of amides is 1. The summed E-state index contributed by atoms with van der Waals surface area (Å²) in [6.07, 6.45) is 1.77. The Morgan fingerprint density at radius 2 is 1.90 bits per heavy atom. The Kier molecular flexibility index (Phi) is 3.47. The molecule has 0 aromatic heterocycles. The van der Waals surface area contributed by atoms with Crippen LogP contribution in [0.2, 0.25) is 0 Å². The standard InChI is InChI=1S/C17H15NO2S/c1-3-18-16(19)15(20-17(18)21)10-12-9-8-11(2)13-6-4-5-7-14(12)13/h4-10H,3H2,1-2H3/b15-10+. The molecule has 0 radical (unpaired) electrons. The molecule has 1 amide bonds. The van der Waals surface area contributed by atoms with Gasteiger partial charge < -0.3 is 4.74 Å². The number of nitrogens with zero attached hydrogens (tertiary/aromatic N) is 1. The maximum absolute atomic E-state index is 12.2. The van der Waals surface area contributed by atoms with Crippen molar-refractivity contribution in [1.82, 2.24) is 4.90 Å². The van der Waals surface area contributed by atoms with E-state index < -0.39 is 0 Å². The van der Waals surface area contributed by atoms with E-state index in [0.29, 0.717) is 6.54 Å². The van der Waals surface area contributed by atoms with Crippen molar-refractivity contribution in [3.8, 4) is 0 Å². The number of rotatable bonds is 2. The molecule has 106 valence electrons. The Morgan fingerprint density at radius 1 is 1.19 bits per heavy atom. The SMILES string of the molecule is CCN1C(=O)/C(=C\c2ccc(C)c3ccccc23)OC1=S. The fourth-order valence-electron chi connectivity index (χ4n) is 2.51. The minimum absolute atomic E-state index is 0.174. The number of fused-ring (bicyclic) bond motifs is 1. The molecule has 0 aliphatic carbocycles. The molecule has 0 atom stereocenters. The van der Waals surface area contributed by atoms with E-state index in [0.717, 1.165) is 10.9 Å². The van der Waals surface area contributed by atoms with Crippen LogP contribution in [0, 0.1) is 6.92 Å². The van der Waals surface area contributed by atoms with Gasteiger partial charge in [-0.15, -0.1) is 0 Å². The van der Waals surface area contributed by atoms with Crippen LogP contribution in [0.5, 0.6) is 0 Å². The van der Waals surface area contributed by atoms with Crippen molar-refractivity contribution in [2.75, 3.05) is 6.54 Å². The second-order valence-electron chi connectivity index (χ2n) is 4.94. The van der Waals surface area contributed by atoms with Gasteiger partial charge in [0, 0.05) is 6.54 Å². The first-order chi connectivity index (χ1) is 10.1. The van der Waals surface area contributed by atoms with Gasteiger partial charge in [0.25, 0.3) is 11.1 Å². The molecular formula is C17H15NO2S. The van der Waals surface area contributed by atoms with Crippen molar-refractivity contribution in [3.05, 3.63) is 53.3 Å². The van der Waals surface area contributed by atoms with Crippen molar-refractivity contribution in [1.29, 1.82) is 0 Å². The molecule has 4 heteroatoms. The van der Waals surface area contributed by atoms with E-state index in [4.69, 9.17) is 17.0 Å². The number of carbonyl (C=O) groups excluding carboxylic acids is 1. The van der Waals surface area contributed by atoms with Crippen LogP contribution >= 0.6 is 12.2 Å². The quantitative estimate of drug-likeness (QED) is 0.626. The zero-order chi connectivity index (χ0) is 15.0. The fraction of sp³-hybridized carbons (Fsp3) is 0.176. The largest absolute Gasteiger partial charge is 0.426 e. The van der Waals surface area contributed by atoms with Crippen molar-refractivity contribution in [2.45, 2.75) is 13.8 Å². The lowest BCUT2D eigenvalue weighted by Gasteiger charge is -2.07. The molecule has 1 saturated heterocycles. The van der Waals surface area contributed by atoms with Gasteiger partial charge in [-0.3, -0.25) is 9.69 Å². The number of hydrogen-bond acceptors (Lipinski definition) is 3. The predicted octanol–water partition coefficient (Wildman–Crippen LogP) is 3.65. The molecular weight excluding hydrogens is 282 g/mol. The van der Waals surface area contributed by atoms with Crippen LogP contribution in [0.4, 0.5) is 0 Å². The molecule has 0 saturated carbocycles. The number of thiocarbonyl (C=S) groups is 1. The summed E-state index contributed by atoms with van der Waals surface area (Å²) in [5.74, 6) is 0.114. The van der Waals surface area contributed by atoms with Crippen molar-refractivity contribution in [3.63, 3.8) is 0 Å². The topological polar surface area (TPSA) is 29.5 Å².